The number of unbranched alkanes of at least 4 members (excludes halogenated alkanes) is 21. The van der Waals surface area contributed by atoms with Crippen molar-refractivity contribution < 1.29 is 52.2 Å². The summed E-state index contributed by atoms with van der Waals surface area (Å²) in [6, 6.07) is 0. The number of phosphoric acid groups is 1. The molecule has 0 bridgehead atoms. The molecule has 0 aliphatic carbocycles. The number of aliphatic hydroxyl groups excluding tert-OH is 1. The van der Waals surface area contributed by atoms with E-state index in [-0.39, 0.29) is 25.9 Å². The summed E-state index contributed by atoms with van der Waals surface area (Å²) >= 11 is 0. The van der Waals surface area contributed by atoms with Crippen molar-refractivity contribution in [1.82, 2.24) is 0 Å². The molecule has 446 valence electrons. The van der Waals surface area contributed by atoms with Crippen molar-refractivity contribution in [3.8, 4) is 0 Å². The molecule has 12 heteroatoms. The molecule has 3 unspecified atom stereocenters. The molecule has 0 amide bonds. The summed E-state index contributed by atoms with van der Waals surface area (Å²) in [4.78, 5) is 48.6. The van der Waals surface area contributed by atoms with Crippen LogP contribution in [0.25, 0.3) is 0 Å². The Morgan fingerprint density at radius 1 is 0.372 bits per heavy atom. The van der Waals surface area contributed by atoms with E-state index < -0.39 is 57.8 Å². The maximum Gasteiger partial charge on any atom is 0.472 e. The van der Waals surface area contributed by atoms with Gasteiger partial charge in [0, 0.05) is 19.3 Å². The molecule has 0 spiro atoms. The van der Waals surface area contributed by atoms with E-state index in [0.717, 1.165) is 103 Å². The van der Waals surface area contributed by atoms with E-state index in [9.17, 15) is 28.9 Å². The first-order chi connectivity index (χ1) is 38.2. The molecule has 78 heavy (non-hydrogen) atoms. The van der Waals surface area contributed by atoms with Gasteiger partial charge in [-0.2, -0.15) is 0 Å². The van der Waals surface area contributed by atoms with Crippen LogP contribution in [0.2, 0.25) is 0 Å². The first-order valence-electron chi connectivity index (χ1n) is 30.8. The first-order valence-corrected chi connectivity index (χ1v) is 32.3. The molecule has 0 aromatic rings. The van der Waals surface area contributed by atoms with Gasteiger partial charge in [0.25, 0.3) is 0 Å². The van der Waals surface area contributed by atoms with E-state index in [2.05, 4.69) is 118 Å². The molecular formula is C66H111O11P. The van der Waals surface area contributed by atoms with Crippen LogP contribution in [0.4, 0.5) is 0 Å². The number of rotatable bonds is 56. The van der Waals surface area contributed by atoms with Crippen LogP contribution in [0.1, 0.15) is 252 Å². The molecule has 2 N–H and O–H groups in total. The lowest BCUT2D eigenvalue weighted by molar-refractivity contribution is -0.161. The highest BCUT2D eigenvalue weighted by Gasteiger charge is 2.28. The Morgan fingerprint density at radius 2 is 0.692 bits per heavy atom. The number of hydrogen-bond donors (Lipinski definition) is 2. The van der Waals surface area contributed by atoms with Gasteiger partial charge in [-0.25, -0.2) is 4.57 Å². The SMILES string of the molecule is CC/C=C\C/C=C\C/C=C\C/C=C\C/C=C\C/C=C\CCC(=O)OC(COC(=O)CCCCCCCCCCCCCCC)COP(=O)(O)OCC(CO)OC(=O)CCCCCCCC/C=C\C/C=C\C/C=C\CCCCC. The number of carbonyl (C=O) groups excluding carboxylic acids is 3. The fourth-order valence-electron chi connectivity index (χ4n) is 8.04. The van der Waals surface area contributed by atoms with E-state index in [4.69, 9.17) is 23.3 Å². The van der Waals surface area contributed by atoms with Gasteiger partial charge in [0.15, 0.2) is 6.10 Å². The number of ether oxygens (including phenoxy) is 3. The summed E-state index contributed by atoms with van der Waals surface area (Å²) in [6.07, 6.45) is 72.0. The second kappa shape index (κ2) is 59.3. The van der Waals surface area contributed by atoms with Gasteiger partial charge in [-0.05, 0) is 96.3 Å². The second-order valence-corrected chi connectivity index (χ2v) is 21.6. The van der Waals surface area contributed by atoms with Gasteiger partial charge in [0.2, 0.25) is 0 Å². The minimum Gasteiger partial charge on any atom is -0.462 e. The molecule has 0 rings (SSSR count). The monoisotopic (exact) mass is 1110 g/mol. The summed E-state index contributed by atoms with van der Waals surface area (Å²) in [5.74, 6) is -1.58. The summed E-state index contributed by atoms with van der Waals surface area (Å²) in [5, 5.41) is 9.84. The topological polar surface area (TPSA) is 155 Å². The molecule has 0 saturated carbocycles. The maximum atomic E-state index is 12.9. The third-order valence-corrected chi connectivity index (χ3v) is 13.6. The Morgan fingerprint density at radius 3 is 1.13 bits per heavy atom. The normalized spacial score (nSPS) is 14.1. The Bertz CT molecular complexity index is 1720. The van der Waals surface area contributed by atoms with Crippen LogP contribution in [0.5, 0.6) is 0 Å². The second-order valence-electron chi connectivity index (χ2n) is 20.1. The average molecular weight is 1110 g/mol. The molecule has 0 aromatic carbocycles. The summed E-state index contributed by atoms with van der Waals surface area (Å²) < 4.78 is 39.5. The van der Waals surface area contributed by atoms with Crippen LogP contribution >= 0.6 is 7.82 Å². The number of hydrogen-bond acceptors (Lipinski definition) is 10. The summed E-state index contributed by atoms with van der Waals surface area (Å²) in [6.45, 7) is 4.42. The van der Waals surface area contributed by atoms with Crippen molar-refractivity contribution >= 4 is 25.7 Å². The maximum absolute atomic E-state index is 12.9. The average Bonchev–Trinajstić information content (AvgIpc) is 3.43. The first kappa shape index (κ1) is 74.1. The van der Waals surface area contributed by atoms with E-state index in [1.54, 1.807) is 0 Å². The van der Waals surface area contributed by atoms with Gasteiger partial charge in [-0.15, -0.1) is 0 Å². The van der Waals surface area contributed by atoms with Crippen molar-refractivity contribution in [3.05, 3.63) is 109 Å². The predicted molar refractivity (Wildman–Crippen MR) is 325 cm³/mol. The fraction of sp³-hybridized carbons (Fsp3) is 0.682. The van der Waals surface area contributed by atoms with Crippen LogP contribution in [0, 0.1) is 0 Å². The molecule has 0 aliphatic heterocycles. The van der Waals surface area contributed by atoms with Crippen LogP contribution in [0.15, 0.2) is 109 Å². The minimum absolute atomic E-state index is 0.0384. The quantitative estimate of drug-likeness (QED) is 0.0197. The van der Waals surface area contributed by atoms with Crippen LogP contribution in [-0.2, 0) is 42.2 Å². The van der Waals surface area contributed by atoms with Gasteiger partial charge in [0.1, 0.15) is 12.7 Å². The lowest BCUT2D eigenvalue weighted by Gasteiger charge is -2.21. The van der Waals surface area contributed by atoms with E-state index >= 15 is 0 Å². The molecule has 0 radical (unpaired) electrons. The molecule has 11 nitrogen and oxygen atoms in total. The molecule has 3 atom stereocenters. The summed E-state index contributed by atoms with van der Waals surface area (Å²) in [5.41, 5.74) is 0. The molecular weight excluding hydrogens is 1000 g/mol. The third-order valence-electron chi connectivity index (χ3n) is 12.7. The largest absolute Gasteiger partial charge is 0.472 e. The zero-order chi connectivity index (χ0) is 56.9. The molecule has 0 saturated heterocycles. The fourth-order valence-corrected chi connectivity index (χ4v) is 8.82. The highest BCUT2D eigenvalue weighted by atomic mass is 31.2. The van der Waals surface area contributed by atoms with E-state index in [1.165, 1.54) is 83.5 Å². The zero-order valence-corrected chi connectivity index (χ0v) is 50.2. The highest BCUT2D eigenvalue weighted by molar-refractivity contribution is 7.47. The number of allylic oxidation sites excluding steroid dienone is 18. The van der Waals surface area contributed by atoms with Gasteiger partial charge >= 0.3 is 25.7 Å². The van der Waals surface area contributed by atoms with Gasteiger partial charge in [-0.3, -0.25) is 23.4 Å². The Kier molecular flexibility index (Phi) is 56.3. The lowest BCUT2D eigenvalue weighted by Crippen LogP contribution is -2.30. The molecule has 0 fully saturated rings. The molecule has 0 aliphatic rings. The van der Waals surface area contributed by atoms with Crippen LogP contribution in [0.3, 0.4) is 0 Å². The summed E-state index contributed by atoms with van der Waals surface area (Å²) in [7, 11) is -4.78. The Labute approximate surface area is 475 Å². The van der Waals surface area contributed by atoms with E-state index in [0.29, 0.717) is 25.7 Å². The van der Waals surface area contributed by atoms with Crippen LogP contribution < -0.4 is 0 Å². The zero-order valence-electron chi connectivity index (χ0n) is 49.3. The number of esters is 3. The number of carbonyl (C=O) groups is 3. The molecule has 0 aromatic heterocycles. The van der Waals surface area contributed by atoms with Crippen molar-refractivity contribution in [2.24, 2.45) is 0 Å². The van der Waals surface area contributed by atoms with Crippen molar-refractivity contribution in [2.75, 3.05) is 26.4 Å². The highest BCUT2D eigenvalue weighted by Crippen LogP contribution is 2.43. The predicted octanol–water partition coefficient (Wildman–Crippen LogP) is 18.6. The standard InChI is InChI=1S/C66H111O11P/c1-4-7-10-13-16-19-22-25-27-29-31-33-35-38-41-44-47-50-53-56-65(69)76-62(58-67)60-74-78(71,72)75-61-63(59-73-64(68)55-52-49-46-43-40-37-24-21-18-15-12-9-6-3)77-66(70)57-54-51-48-45-42-39-36-34-32-30-28-26-23-20-17-14-11-8-5-2/h8,11,16-17,19-20,25-28,31-34,39,42,48,51,62-63,67H,4-7,9-10,12-15,18,21-24,29-30,35-38,40-41,43-47,49-50,52-61H2,1-3H3,(H,71,72)/b11-8-,19-16-,20-17-,27-25-,28-26-,33-31-,34-32-,42-39-,51-48-. The van der Waals surface area contributed by atoms with E-state index in [1.807, 2.05) is 12.2 Å². The molecule has 0 heterocycles. The van der Waals surface area contributed by atoms with Crippen LogP contribution in [-0.4, -0.2) is 66.5 Å². The van der Waals surface area contributed by atoms with Gasteiger partial charge in [-0.1, -0.05) is 246 Å². The van der Waals surface area contributed by atoms with Crippen molar-refractivity contribution in [1.29, 1.82) is 0 Å². The Hall–Kier alpha value is -3.86. The smallest absolute Gasteiger partial charge is 0.462 e. The van der Waals surface area contributed by atoms with Gasteiger partial charge in [0.05, 0.1) is 19.8 Å². The van der Waals surface area contributed by atoms with Crippen molar-refractivity contribution in [2.45, 2.75) is 264 Å². The number of phosphoric ester groups is 1. The lowest BCUT2D eigenvalue weighted by atomic mass is 10.0. The number of aliphatic hydroxyl groups is 1. The Balaban J connectivity index is 4.79. The minimum atomic E-state index is -4.78. The van der Waals surface area contributed by atoms with Gasteiger partial charge < -0.3 is 24.2 Å². The van der Waals surface area contributed by atoms with Crippen molar-refractivity contribution in [3.63, 3.8) is 0 Å². The third kappa shape index (κ3) is 56.8.